The highest BCUT2D eigenvalue weighted by Crippen LogP contribution is 2.14. The summed E-state index contributed by atoms with van der Waals surface area (Å²) in [7, 11) is 3.42. The highest BCUT2D eigenvalue weighted by molar-refractivity contribution is 5.78. The first kappa shape index (κ1) is 14.1. The number of hydrogen-bond acceptors (Lipinski definition) is 3. The number of nitrogens with zero attached hydrogens (tertiary/aromatic N) is 2. The van der Waals surface area contributed by atoms with Gasteiger partial charge in [-0.25, -0.2) is 0 Å². The molecule has 2 aromatic rings. The van der Waals surface area contributed by atoms with Gasteiger partial charge >= 0.3 is 0 Å². The van der Waals surface area contributed by atoms with Gasteiger partial charge in [-0.15, -0.1) is 0 Å². The lowest BCUT2D eigenvalue weighted by Gasteiger charge is -2.17. The molecule has 1 heterocycles. The van der Waals surface area contributed by atoms with E-state index >= 15 is 0 Å². The van der Waals surface area contributed by atoms with Crippen molar-refractivity contribution in [3.63, 3.8) is 0 Å². The van der Waals surface area contributed by atoms with E-state index in [1.54, 1.807) is 31.5 Å². The van der Waals surface area contributed by atoms with Crippen LogP contribution in [0.2, 0.25) is 0 Å². The van der Waals surface area contributed by atoms with Gasteiger partial charge in [0.25, 0.3) is 0 Å². The van der Waals surface area contributed by atoms with Crippen LogP contribution in [0.1, 0.15) is 11.1 Å². The average Bonchev–Trinajstić information content (AvgIpc) is 2.48. The smallest absolute Gasteiger partial charge is 0.227 e. The van der Waals surface area contributed by atoms with Gasteiger partial charge in [-0.05, 0) is 29.3 Å². The predicted octanol–water partition coefficient (Wildman–Crippen LogP) is 2.29. The van der Waals surface area contributed by atoms with Crippen LogP contribution < -0.4 is 4.74 Å². The Hall–Kier alpha value is -2.36. The number of aromatic nitrogens is 1. The number of methoxy groups -OCH3 is 1. The van der Waals surface area contributed by atoms with Gasteiger partial charge in [0.2, 0.25) is 5.91 Å². The monoisotopic (exact) mass is 270 g/mol. The largest absolute Gasteiger partial charge is 0.497 e. The van der Waals surface area contributed by atoms with E-state index in [9.17, 15) is 4.79 Å². The summed E-state index contributed by atoms with van der Waals surface area (Å²) in [4.78, 5) is 17.9. The zero-order valence-electron chi connectivity index (χ0n) is 11.7. The maximum absolute atomic E-state index is 12.2. The van der Waals surface area contributed by atoms with Crippen molar-refractivity contribution in [1.82, 2.24) is 9.88 Å². The van der Waals surface area contributed by atoms with Crippen molar-refractivity contribution in [2.75, 3.05) is 14.2 Å². The van der Waals surface area contributed by atoms with Crippen molar-refractivity contribution in [3.05, 3.63) is 59.9 Å². The highest BCUT2D eigenvalue weighted by Gasteiger charge is 2.10. The fourth-order valence-corrected chi connectivity index (χ4v) is 1.95. The van der Waals surface area contributed by atoms with Crippen molar-refractivity contribution >= 4 is 5.91 Å². The van der Waals surface area contributed by atoms with Crippen LogP contribution in [0.5, 0.6) is 5.75 Å². The minimum atomic E-state index is 0.0714. The Kier molecular flexibility index (Phi) is 4.71. The first-order chi connectivity index (χ1) is 9.69. The number of carbonyl (C=O) groups is 1. The number of carbonyl (C=O) groups excluding carboxylic acids is 1. The van der Waals surface area contributed by atoms with E-state index in [0.29, 0.717) is 13.0 Å². The van der Waals surface area contributed by atoms with Crippen molar-refractivity contribution in [3.8, 4) is 5.75 Å². The zero-order valence-corrected chi connectivity index (χ0v) is 11.7. The summed E-state index contributed by atoms with van der Waals surface area (Å²) in [6.07, 6.45) is 3.87. The summed E-state index contributed by atoms with van der Waals surface area (Å²) in [5, 5.41) is 0. The number of benzene rings is 1. The zero-order chi connectivity index (χ0) is 14.4. The van der Waals surface area contributed by atoms with Gasteiger partial charge in [-0.3, -0.25) is 9.78 Å². The topological polar surface area (TPSA) is 42.4 Å². The lowest BCUT2D eigenvalue weighted by atomic mass is 10.1. The van der Waals surface area contributed by atoms with E-state index in [-0.39, 0.29) is 5.91 Å². The second-order valence-corrected chi connectivity index (χ2v) is 4.64. The van der Waals surface area contributed by atoms with Crippen molar-refractivity contribution in [1.29, 1.82) is 0 Å². The van der Waals surface area contributed by atoms with Crippen LogP contribution in [0.25, 0.3) is 0 Å². The van der Waals surface area contributed by atoms with E-state index < -0.39 is 0 Å². The molecule has 0 unspecified atom stereocenters. The molecule has 104 valence electrons. The molecule has 0 saturated heterocycles. The normalized spacial score (nSPS) is 10.1. The summed E-state index contributed by atoms with van der Waals surface area (Å²) in [6.45, 7) is 0.566. The molecule has 0 N–H and O–H groups in total. The van der Waals surface area contributed by atoms with Gasteiger partial charge in [0.15, 0.2) is 0 Å². The molecule has 0 radical (unpaired) electrons. The molecule has 4 heteroatoms. The molecule has 1 aromatic heterocycles. The molecule has 0 aliphatic rings. The molecule has 1 aromatic carbocycles. The van der Waals surface area contributed by atoms with Crippen molar-refractivity contribution < 1.29 is 9.53 Å². The molecule has 4 nitrogen and oxygen atoms in total. The van der Waals surface area contributed by atoms with Crippen LogP contribution >= 0.6 is 0 Å². The van der Waals surface area contributed by atoms with Crippen LogP contribution in [-0.2, 0) is 17.8 Å². The lowest BCUT2D eigenvalue weighted by Crippen LogP contribution is -2.27. The van der Waals surface area contributed by atoms with Gasteiger partial charge in [-0.2, -0.15) is 0 Å². The SMILES string of the molecule is COc1cccc(CC(=O)N(C)Cc2cccnc2)c1. The Morgan fingerprint density at radius 2 is 2.05 bits per heavy atom. The standard InChI is InChI=1S/C16H18N2O2/c1-18(12-14-6-4-8-17-11-14)16(19)10-13-5-3-7-15(9-13)20-2/h3-9,11H,10,12H2,1-2H3. The summed E-state index contributed by atoms with van der Waals surface area (Å²) >= 11 is 0. The van der Waals surface area contributed by atoms with Gasteiger partial charge in [-0.1, -0.05) is 18.2 Å². The fourth-order valence-electron chi connectivity index (χ4n) is 1.95. The first-order valence-corrected chi connectivity index (χ1v) is 6.45. The highest BCUT2D eigenvalue weighted by atomic mass is 16.5. The van der Waals surface area contributed by atoms with E-state index in [1.807, 2.05) is 36.4 Å². The average molecular weight is 270 g/mol. The second-order valence-electron chi connectivity index (χ2n) is 4.64. The quantitative estimate of drug-likeness (QED) is 0.837. The molecule has 1 amide bonds. The van der Waals surface area contributed by atoms with Gasteiger partial charge in [0.1, 0.15) is 5.75 Å². The molecule has 0 aliphatic carbocycles. The number of likely N-dealkylation sites (N-methyl/N-ethyl adjacent to an activating group) is 1. The third-order valence-corrected chi connectivity index (χ3v) is 3.06. The Balaban J connectivity index is 1.97. The maximum atomic E-state index is 12.2. The van der Waals surface area contributed by atoms with Crippen LogP contribution in [0.3, 0.4) is 0 Å². The van der Waals surface area contributed by atoms with E-state index in [2.05, 4.69) is 4.98 Å². The molecule has 2 rings (SSSR count). The molecule has 0 fully saturated rings. The second kappa shape index (κ2) is 6.70. The minimum Gasteiger partial charge on any atom is -0.497 e. The van der Waals surface area contributed by atoms with Crippen molar-refractivity contribution in [2.24, 2.45) is 0 Å². The van der Waals surface area contributed by atoms with Crippen LogP contribution in [0, 0.1) is 0 Å². The van der Waals surface area contributed by atoms with Crippen LogP contribution in [-0.4, -0.2) is 29.9 Å². The van der Waals surface area contributed by atoms with E-state index in [1.165, 1.54) is 0 Å². The molecule has 0 saturated carbocycles. The van der Waals surface area contributed by atoms with Crippen molar-refractivity contribution in [2.45, 2.75) is 13.0 Å². The number of hydrogen-bond donors (Lipinski definition) is 0. The van der Waals surface area contributed by atoms with E-state index in [0.717, 1.165) is 16.9 Å². The molecule has 0 aliphatic heterocycles. The summed E-state index contributed by atoms with van der Waals surface area (Å²) in [6, 6.07) is 11.4. The van der Waals surface area contributed by atoms with Gasteiger partial charge in [0.05, 0.1) is 13.5 Å². The summed E-state index contributed by atoms with van der Waals surface area (Å²) in [5.74, 6) is 0.840. The fraction of sp³-hybridized carbons (Fsp3) is 0.250. The first-order valence-electron chi connectivity index (χ1n) is 6.45. The number of ether oxygens (including phenoxy) is 1. The molecule has 0 spiro atoms. The Bertz CT molecular complexity index is 570. The Labute approximate surface area is 119 Å². The number of pyridine rings is 1. The third kappa shape index (κ3) is 3.82. The lowest BCUT2D eigenvalue weighted by molar-refractivity contribution is -0.129. The number of amides is 1. The maximum Gasteiger partial charge on any atom is 0.227 e. The van der Waals surface area contributed by atoms with Gasteiger partial charge in [0, 0.05) is 26.0 Å². The molecule has 0 bridgehead atoms. The predicted molar refractivity (Wildman–Crippen MR) is 77.4 cm³/mol. The Morgan fingerprint density at radius 3 is 2.75 bits per heavy atom. The summed E-state index contributed by atoms with van der Waals surface area (Å²) in [5.41, 5.74) is 1.97. The minimum absolute atomic E-state index is 0.0714. The molecule has 20 heavy (non-hydrogen) atoms. The number of rotatable bonds is 5. The van der Waals surface area contributed by atoms with Crippen LogP contribution in [0.15, 0.2) is 48.8 Å². The van der Waals surface area contributed by atoms with E-state index in [4.69, 9.17) is 4.74 Å². The molecular weight excluding hydrogens is 252 g/mol. The molecule has 0 atom stereocenters. The van der Waals surface area contributed by atoms with Gasteiger partial charge < -0.3 is 9.64 Å². The third-order valence-electron chi connectivity index (χ3n) is 3.06. The van der Waals surface area contributed by atoms with Crippen LogP contribution in [0.4, 0.5) is 0 Å². The summed E-state index contributed by atoms with van der Waals surface area (Å²) < 4.78 is 5.16. The molecular formula is C16H18N2O2. The Morgan fingerprint density at radius 1 is 1.25 bits per heavy atom.